The number of hydrogen-bond donors (Lipinski definition) is 0. The van der Waals surface area contributed by atoms with Crippen molar-refractivity contribution in [1.82, 2.24) is 4.90 Å². The summed E-state index contributed by atoms with van der Waals surface area (Å²) in [5.74, 6) is 1.25. The van der Waals surface area contributed by atoms with Crippen molar-refractivity contribution in [3.63, 3.8) is 0 Å². The maximum absolute atomic E-state index is 12.8. The Balaban J connectivity index is 1.36. The van der Waals surface area contributed by atoms with Crippen LogP contribution in [0.25, 0.3) is 0 Å². The summed E-state index contributed by atoms with van der Waals surface area (Å²) in [7, 11) is 0. The molecule has 1 aliphatic rings. The van der Waals surface area contributed by atoms with Crippen molar-refractivity contribution < 1.29 is 9.13 Å². The SMILES string of the molecule is Fc1ccc(OCCN2CCC(Cc3ccc(Cl)cc3)CC2)cc1. The van der Waals surface area contributed by atoms with Crippen LogP contribution in [0.3, 0.4) is 0 Å². The van der Waals surface area contributed by atoms with Crippen LogP contribution in [0.1, 0.15) is 18.4 Å². The minimum atomic E-state index is -0.231. The Morgan fingerprint density at radius 3 is 2.33 bits per heavy atom. The second kappa shape index (κ2) is 8.50. The van der Waals surface area contributed by atoms with E-state index in [1.807, 2.05) is 12.1 Å². The lowest BCUT2D eigenvalue weighted by Crippen LogP contribution is -2.37. The molecule has 1 fully saturated rings. The van der Waals surface area contributed by atoms with E-state index in [4.69, 9.17) is 16.3 Å². The van der Waals surface area contributed by atoms with Gasteiger partial charge in [0.15, 0.2) is 0 Å². The monoisotopic (exact) mass is 347 g/mol. The highest BCUT2D eigenvalue weighted by atomic mass is 35.5. The first-order valence-corrected chi connectivity index (χ1v) is 8.92. The smallest absolute Gasteiger partial charge is 0.123 e. The van der Waals surface area contributed by atoms with E-state index in [1.54, 1.807) is 12.1 Å². The standard InChI is InChI=1S/C20H23ClFNO/c21-18-3-1-16(2-4-18)15-17-9-11-23(12-10-17)13-14-24-20-7-5-19(22)6-8-20/h1-8,17H,9-15H2. The Morgan fingerprint density at radius 2 is 1.67 bits per heavy atom. The molecule has 4 heteroatoms. The van der Waals surface area contributed by atoms with Gasteiger partial charge in [-0.3, -0.25) is 4.90 Å². The zero-order valence-corrected chi connectivity index (χ0v) is 14.5. The molecule has 0 N–H and O–H groups in total. The van der Waals surface area contributed by atoms with Crippen LogP contribution in [0.15, 0.2) is 48.5 Å². The van der Waals surface area contributed by atoms with Crippen LogP contribution >= 0.6 is 11.6 Å². The van der Waals surface area contributed by atoms with Crippen molar-refractivity contribution in [2.45, 2.75) is 19.3 Å². The van der Waals surface area contributed by atoms with E-state index in [0.29, 0.717) is 6.61 Å². The number of nitrogens with zero attached hydrogens (tertiary/aromatic N) is 1. The summed E-state index contributed by atoms with van der Waals surface area (Å²) < 4.78 is 18.5. The van der Waals surface area contributed by atoms with Crippen molar-refractivity contribution >= 4 is 11.6 Å². The molecule has 1 aliphatic heterocycles. The van der Waals surface area contributed by atoms with Crippen LogP contribution in [0.4, 0.5) is 4.39 Å². The molecule has 0 spiro atoms. The number of halogens is 2. The molecule has 0 atom stereocenters. The fraction of sp³-hybridized carbons (Fsp3) is 0.400. The highest BCUT2D eigenvalue weighted by Crippen LogP contribution is 2.22. The van der Waals surface area contributed by atoms with Gasteiger partial charge in [-0.2, -0.15) is 0 Å². The van der Waals surface area contributed by atoms with Crippen LogP contribution in [-0.2, 0) is 6.42 Å². The summed E-state index contributed by atoms with van der Waals surface area (Å²) in [5, 5.41) is 0.801. The first kappa shape index (κ1) is 17.2. The van der Waals surface area contributed by atoms with Gasteiger partial charge in [0.1, 0.15) is 18.2 Å². The Labute approximate surface area is 148 Å². The number of benzene rings is 2. The second-order valence-corrected chi connectivity index (χ2v) is 6.85. The summed E-state index contributed by atoms with van der Waals surface area (Å²) in [6, 6.07) is 14.4. The van der Waals surface area contributed by atoms with Crippen LogP contribution in [0.5, 0.6) is 5.75 Å². The fourth-order valence-electron chi connectivity index (χ4n) is 3.19. The predicted molar refractivity (Wildman–Crippen MR) is 96.2 cm³/mol. The van der Waals surface area contributed by atoms with Crippen LogP contribution in [0.2, 0.25) is 5.02 Å². The van der Waals surface area contributed by atoms with E-state index >= 15 is 0 Å². The first-order chi connectivity index (χ1) is 11.7. The molecular formula is C20H23ClFNO. The Morgan fingerprint density at radius 1 is 1.00 bits per heavy atom. The predicted octanol–water partition coefficient (Wildman–Crippen LogP) is 4.81. The van der Waals surface area contributed by atoms with Gasteiger partial charge in [0.2, 0.25) is 0 Å². The van der Waals surface area contributed by atoms with Crippen molar-refractivity contribution in [2.75, 3.05) is 26.2 Å². The van der Waals surface area contributed by atoms with E-state index in [-0.39, 0.29) is 5.82 Å². The summed E-state index contributed by atoms with van der Waals surface area (Å²) >= 11 is 5.94. The maximum Gasteiger partial charge on any atom is 0.123 e. The third-order valence-corrected chi connectivity index (χ3v) is 4.89. The third kappa shape index (κ3) is 5.22. The molecule has 24 heavy (non-hydrogen) atoms. The zero-order chi connectivity index (χ0) is 16.8. The second-order valence-electron chi connectivity index (χ2n) is 6.42. The summed E-state index contributed by atoms with van der Waals surface area (Å²) in [4.78, 5) is 2.45. The highest BCUT2D eigenvalue weighted by Gasteiger charge is 2.19. The molecule has 2 aromatic rings. The molecule has 0 unspecified atom stereocenters. The van der Waals surface area contributed by atoms with Crippen molar-refractivity contribution in [3.8, 4) is 5.75 Å². The quantitative estimate of drug-likeness (QED) is 0.743. The van der Waals surface area contributed by atoms with Gasteiger partial charge in [0.25, 0.3) is 0 Å². The van der Waals surface area contributed by atoms with E-state index in [9.17, 15) is 4.39 Å². The van der Waals surface area contributed by atoms with Gasteiger partial charge >= 0.3 is 0 Å². The van der Waals surface area contributed by atoms with Gasteiger partial charge in [-0.1, -0.05) is 23.7 Å². The Kier molecular flexibility index (Phi) is 6.11. The molecule has 0 bridgehead atoms. The topological polar surface area (TPSA) is 12.5 Å². The van der Waals surface area contributed by atoms with Gasteiger partial charge in [-0.15, -0.1) is 0 Å². The van der Waals surface area contributed by atoms with Crippen molar-refractivity contribution in [1.29, 1.82) is 0 Å². The van der Waals surface area contributed by atoms with E-state index < -0.39 is 0 Å². The average molecular weight is 348 g/mol. The molecular weight excluding hydrogens is 325 g/mol. The Hall–Kier alpha value is -1.58. The zero-order valence-electron chi connectivity index (χ0n) is 13.8. The number of ether oxygens (including phenoxy) is 1. The van der Waals surface area contributed by atoms with Crippen LogP contribution in [0, 0.1) is 11.7 Å². The molecule has 1 heterocycles. The normalized spacial score (nSPS) is 16.2. The van der Waals surface area contributed by atoms with Gasteiger partial charge in [-0.25, -0.2) is 4.39 Å². The molecule has 3 rings (SSSR count). The summed E-state index contributed by atoms with van der Waals surface area (Å²) in [5.41, 5.74) is 1.37. The molecule has 0 radical (unpaired) electrons. The first-order valence-electron chi connectivity index (χ1n) is 8.54. The van der Waals surface area contributed by atoms with Crippen LogP contribution in [-0.4, -0.2) is 31.1 Å². The molecule has 1 saturated heterocycles. The number of hydrogen-bond acceptors (Lipinski definition) is 2. The molecule has 2 nitrogen and oxygen atoms in total. The van der Waals surface area contributed by atoms with E-state index in [2.05, 4.69) is 17.0 Å². The fourth-order valence-corrected chi connectivity index (χ4v) is 3.32. The van der Waals surface area contributed by atoms with Gasteiger partial charge in [-0.05, 0) is 80.2 Å². The molecule has 0 amide bonds. The number of piperidine rings is 1. The van der Waals surface area contributed by atoms with Crippen molar-refractivity contribution in [2.24, 2.45) is 5.92 Å². The minimum Gasteiger partial charge on any atom is -0.492 e. The Bertz CT molecular complexity index is 621. The third-order valence-electron chi connectivity index (χ3n) is 4.63. The van der Waals surface area contributed by atoms with Gasteiger partial charge < -0.3 is 4.74 Å². The largest absolute Gasteiger partial charge is 0.492 e. The highest BCUT2D eigenvalue weighted by molar-refractivity contribution is 6.30. The maximum atomic E-state index is 12.8. The molecule has 0 aromatic heterocycles. The average Bonchev–Trinajstić information content (AvgIpc) is 2.60. The lowest BCUT2D eigenvalue weighted by Gasteiger charge is -2.31. The van der Waals surface area contributed by atoms with Crippen LogP contribution < -0.4 is 4.74 Å². The lowest BCUT2D eigenvalue weighted by atomic mass is 9.90. The molecule has 128 valence electrons. The molecule has 2 aromatic carbocycles. The lowest BCUT2D eigenvalue weighted by molar-refractivity contribution is 0.155. The minimum absolute atomic E-state index is 0.231. The van der Waals surface area contributed by atoms with E-state index in [1.165, 1.54) is 30.5 Å². The molecule has 0 aliphatic carbocycles. The van der Waals surface area contributed by atoms with Gasteiger partial charge in [0, 0.05) is 11.6 Å². The number of rotatable bonds is 6. The van der Waals surface area contributed by atoms with E-state index in [0.717, 1.165) is 42.7 Å². The van der Waals surface area contributed by atoms with Gasteiger partial charge in [0.05, 0.1) is 0 Å². The van der Waals surface area contributed by atoms with Crippen molar-refractivity contribution in [3.05, 3.63) is 64.9 Å². The number of likely N-dealkylation sites (tertiary alicyclic amines) is 1. The molecule has 0 saturated carbocycles. The summed E-state index contributed by atoms with van der Waals surface area (Å²) in [6.45, 7) is 3.80. The summed E-state index contributed by atoms with van der Waals surface area (Å²) in [6.07, 6.45) is 3.58.